The number of carbonyl (C=O) groups excluding carboxylic acids is 3. The van der Waals surface area contributed by atoms with E-state index >= 15 is 0 Å². The van der Waals surface area contributed by atoms with Gasteiger partial charge in [-0.3, -0.25) is 19.3 Å². The summed E-state index contributed by atoms with van der Waals surface area (Å²) in [5.74, 6) is 0.685. The summed E-state index contributed by atoms with van der Waals surface area (Å²) < 4.78 is 5.72. The second-order valence-corrected chi connectivity index (χ2v) is 9.68. The monoisotopic (exact) mass is 476 g/mol. The molecular weight excluding hydrogens is 440 g/mol. The van der Waals surface area contributed by atoms with Crippen LogP contribution in [0.25, 0.3) is 0 Å². The standard InChI is InChI=1S/C29H36N2O4/c1-21-15-16-26-24(20-21)25(17-19-35-26)30-27(32)14-8-6-4-2-3-5-7-11-18-31-28(33)22-12-9-10-13-23(22)29(31)34/h9-10,12-13,15-16,20,25H,2-8,11,14,17-19H2,1H3,(H,30,32). The van der Waals surface area contributed by atoms with Crippen LogP contribution >= 0.6 is 0 Å². The minimum atomic E-state index is -0.161. The molecule has 0 aromatic heterocycles. The van der Waals surface area contributed by atoms with Crippen molar-refractivity contribution in [2.45, 2.75) is 77.2 Å². The number of hydrogen-bond donors (Lipinski definition) is 1. The number of amides is 3. The molecule has 0 saturated heterocycles. The number of hydrogen-bond acceptors (Lipinski definition) is 4. The van der Waals surface area contributed by atoms with Crippen molar-refractivity contribution in [1.82, 2.24) is 10.2 Å². The van der Waals surface area contributed by atoms with Crippen LogP contribution in [0.5, 0.6) is 5.75 Å². The average molecular weight is 477 g/mol. The average Bonchev–Trinajstić information content (AvgIpc) is 3.10. The maximum absolute atomic E-state index is 12.4. The summed E-state index contributed by atoms with van der Waals surface area (Å²) >= 11 is 0. The molecule has 3 amide bonds. The molecule has 2 heterocycles. The van der Waals surface area contributed by atoms with Crippen molar-refractivity contribution in [3.8, 4) is 5.75 Å². The van der Waals surface area contributed by atoms with Gasteiger partial charge in [-0.2, -0.15) is 0 Å². The molecule has 4 rings (SSSR count). The van der Waals surface area contributed by atoms with E-state index < -0.39 is 0 Å². The number of imide groups is 1. The number of unbranched alkanes of at least 4 members (excludes halogenated alkanes) is 7. The van der Waals surface area contributed by atoms with Crippen molar-refractivity contribution in [1.29, 1.82) is 0 Å². The van der Waals surface area contributed by atoms with Gasteiger partial charge in [0.05, 0.1) is 23.8 Å². The van der Waals surface area contributed by atoms with Crippen molar-refractivity contribution in [3.63, 3.8) is 0 Å². The molecule has 6 nitrogen and oxygen atoms in total. The molecule has 2 aromatic rings. The van der Waals surface area contributed by atoms with Crippen molar-refractivity contribution in [2.24, 2.45) is 0 Å². The lowest BCUT2D eigenvalue weighted by molar-refractivity contribution is -0.122. The van der Waals surface area contributed by atoms with Gasteiger partial charge in [0, 0.05) is 24.9 Å². The summed E-state index contributed by atoms with van der Waals surface area (Å²) in [6.45, 7) is 3.19. The Bertz CT molecular complexity index is 1030. The largest absolute Gasteiger partial charge is 0.493 e. The summed E-state index contributed by atoms with van der Waals surface area (Å²) in [4.78, 5) is 38.6. The van der Waals surface area contributed by atoms with Gasteiger partial charge >= 0.3 is 0 Å². The molecule has 6 heteroatoms. The third-order valence-electron chi connectivity index (χ3n) is 6.95. The first-order valence-corrected chi connectivity index (χ1v) is 13.0. The summed E-state index contributed by atoms with van der Waals surface area (Å²) in [5.41, 5.74) is 3.32. The molecule has 2 aromatic carbocycles. The van der Waals surface area contributed by atoms with Gasteiger partial charge in [-0.05, 0) is 38.0 Å². The van der Waals surface area contributed by atoms with Crippen molar-refractivity contribution in [2.75, 3.05) is 13.2 Å². The van der Waals surface area contributed by atoms with Crippen LogP contribution < -0.4 is 10.1 Å². The molecule has 1 atom stereocenters. The van der Waals surface area contributed by atoms with Crippen LogP contribution in [-0.4, -0.2) is 35.8 Å². The van der Waals surface area contributed by atoms with Crippen LogP contribution in [0.3, 0.4) is 0 Å². The van der Waals surface area contributed by atoms with Crippen LogP contribution in [0, 0.1) is 6.92 Å². The van der Waals surface area contributed by atoms with E-state index in [2.05, 4.69) is 18.3 Å². The Morgan fingerprint density at radius 3 is 2.23 bits per heavy atom. The molecule has 35 heavy (non-hydrogen) atoms. The third kappa shape index (κ3) is 6.30. The highest BCUT2D eigenvalue weighted by atomic mass is 16.5. The highest BCUT2D eigenvalue weighted by molar-refractivity contribution is 6.21. The summed E-state index contributed by atoms with van der Waals surface area (Å²) in [6.07, 6.45) is 9.75. The second kappa shape index (κ2) is 12.0. The molecule has 0 saturated carbocycles. The van der Waals surface area contributed by atoms with Gasteiger partial charge in [0.1, 0.15) is 5.75 Å². The van der Waals surface area contributed by atoms with Crippen LogP contribution in [0.4, 0.5) is 0 Å². The topological polar surface area (TPSA) is 75.7 Å². The van der Waals surface area contributed by atoms with E-state index in [1.165, 1.54) is 10.5 Å². The number of ether oxygens (including phenoxy) is 1. The minimum Gasteiger partial charge on any atom is -0.493 e. The Labute approximate surface area is 208 Å². The quantitative estimate of drug-likeness (QED) is 0.313. The van der Waals surface area contributed by atoms with Gasteiger partial charge < -0.3 is 10.1 Å². The van der Waals surface area contributed by atoms with Crippen LogP contribution in [0.1, 0.15) is 102 Å². The Morgan fingerprint density at radius 1 is 0.914 bits per heavy atom. The maximum Gasteiger partial charge on any atom is 0.261 e. The SMILES string of the molecule is Cc1ccc2c(c1)C(NC(=O)CCCCCCCCCCN1C(=O)c3ccccc3C1=O)CCO2. The van der Waals surface area contributed by atoms with E-state index in [0.717, 1.165) is 69.1 Å². The molecule has 0 radical (unpaired) electrons. The molecule has 2 aliphatic heterocycles. The lowest BCUT2D eigenvalue weighted by Gasteiger charge is -2.27. The molecule has 1 unspecified atom stereocenters. The smallest absolute Gasteiger partial charge is 0.261 e. The molecule has 0 spiro atoms. The molecule has 1 N–H and O–H groups in total. The molecular formula is C29H36N2O4. The first kappa shape index (κ1) is 25.0. The van der Waals surface area contributed by atoms with E-state index in [-0.39, 0.29) is 23.8 Å². The van der Waals surface area contributed by atoms with Crippen molar-refractivity contribution in [3.05, 3.63) is 64.7 Å². The van der Waals surface area contributed by atoms with E-state index in [4.69, 9.17) is 4.74 Å². The first-order chi connectivity index (χ1) is 17.0. The fourth-order valence-corrected chi connectivity index (χ4v) is 4.99. The lowest BCUT2D eigenvalue weighted by Crippen LogP contribution is -2.32. The number of nitrogens with zero attached hydrogens (tertiary/aromatic N) is 1. The number of carbonyl (C=O) groups is 3. The van der Waals surface area contributed by atoms with Crippen LogP contribution in [-0.2, 0) is 4.79 Å². The van der Waals surface area contributed by atoms with Gasteiger partial charge in [-0.25, -0.2) is 0 Å². The van der Waals surface area contributed by atoms with Crippen molar-refractivity contribution < 1.29 is 19.1 Å². The predicted molar refractivity (Wildman–Crippen MR) is 136 cm³/mol. The molecule has 0 bridgehead atoms. The van der Waals surface area contributed by atoms with Gasteiger partial charge in [-0.15, -0.1) is 0 Å². The molecule has 2 aliphatic rings. The van der Waals surface area contributed by atoms with E-state index in [0.29, 0.717) is 30.7 Å². The second-order valence-electron chi connectivity index (χ2n) is 9.68. The Morgan fingerprint density at radius 2 is 1.54 bits per heavy atom. The normalized spacial score (nSPS) is 16.6. The summed E-state index contributed by atoms with van der Waals surface area (Å²) in [7, 11) is 0. The minimum absolute atomic E-state index is 0.0477. The molecule has 186 valence electrons. The number of nitrogens with one attached hydrogen (secondary N) is 1. The lowest BCUT2D eigenvalue weighted by atomic mass is 9.98. The fourth-order valence-electron chi connectivity index (χ4n) is 4.99. The Hall–Kier alpha value is -3.15. The highest BCUT2D eigenvalue weighted by Crippen LogP contribution is 2.32. The van der Waals surface area contributed by atoms with Gasteiger partial charge in [0.25, 0.3) is 11.8 Å². The van der Waals surface area contributed by atoms with E-state index in [1.807, 2.05) is 12.1 Å². The Balaban J connectivity index is 1.03. The predicted octanol–water partition coefficient (Wildman–Crippen LogP) is 5.74. The number of benzene rings is 2. The first-order valence-electron chi connectivity index (χ1n) is 13.0. The van der Waals surface area contributed by atoms with Crippen LogP contribution in [0.15, 0.2) is 42.5 Å². The highest BCUT2D eigenvalue weighted by Gasteiger charge is 2.34. The van der Waals surface area contributed by atoms with Crippen molar-refractivity contribution >= 4 is 17.7 Å². The van der Waals surface area contributed by atoms with Gasteiger partial charge in [-0.1, -0.05) is 68.4 Å². The van der Waals surface area contributed by atoms with Gasteiger partial charge in [0.2, 0.25) is 5.91 Å². The number of rotatable bonds is 12. The van der Waals surface area contributed by atoms with Gasteiger partial charge in [0.15, 0.2) is 0 Å². The summed E-state index contributed by atoms with van der Waals surface area (Å²) in [5, 5.41) is 3.19. The zero-order chi connectivity index (χ0) is 24.6. The molecule has 0 aliphatic carbocycles. The molecule has 0 fully saturated rings. The van der Waals surface area contributed by atoms with E-state index in [1.54, 1.807) is 24.3 Å². The zero-order valence-electron chi connectivity index (χ0n) is 20.7. The maximum atomic E-state index is 12.4. The number of aryl methyl sites for hydroxylation is 1. The van der Waals surface area contributed by atoms with Crippen LogP contribution in [0.2, 0.25) is 0 Å². The summed E-state index contributed by atoms with van der Waals surface area (Å²) in [6, 6.07) is 13.2. The third-order valence-corrected chi connectivity index (χ3v) is 6.95. The number of fused-ring (bicyclic) bond motifs is 2. The van der Waals surface area contributed by atoms with E-state index in [9.17, 15) is 14.4 Å². The Kier molecular flexibility index (Phi) is 8.56. The zero-order valence-corrected chi connectivity index (χ0v) is 20.7. The fraction of sp³-hybridized carbons (Fsp3) is 0.483.